The molecule has 1 fully saturated rings. The summed E-state index contributed by atoms with van der Waals surface area (Å²) in [5, 5.41) is 2.67. The summed E-state index contributed by atoms with van der Waals surface area (Å²) in [5.74, 6) is 0.318. The molecule has 2 amide bonds. The van der Waals surface area contributed by atoms with Crippen LogP contribution < -0.4 is 10.1 Å². The first-order valence-electron chi connectivity index (χ1n) is 5.99. The highest BCUT2D eigenvalue weighted by Gasteiger charge is 2.21. The van der Waals surface area contributed by atoms with Gasteiger partial charge in [-0.15, -0.1) is 0 Å². The number of amides is 2. The number of aryl methyl sites for hydroxylation is 1. The van der Waals surface area contributed by atoms with E-state index in [9.17, 15) is 9.59 Å². The molecule has 0 saturated carbocycles. The summed E-state index contributed by atoms with van der Waals surface area (Å²) < 4.78 is 6.29. The normalized spacial score (nSPS) is 15.1. The van der Waals surface area contributed by atoms with Crippen LogP contribution in [0.25, 0.3) is 0 Å². The maximum Gasteiger partial charge on any atom is 0.261 e. The Morgan fingerprint density at radius 1 is 1.53 bits per heavy atom. The zero-order valence-corrected chi connectivity index (χ0v) is 12.2. The number of ether oxygens (including phenoxy) is 1. The molecule has 1 N–H and O–H groups in total. The molecule has 5 nitrogen and oxygen atoms in total. The molecule has 102 valence electrons. The summed E-state index contributed by atoms with van der Waals surface area (Å²) in [6.45, 7) is 3.06. The summed E-state index contributed by atoms with van der Waals surface area (Å²) in [4.78, 5) is 24.6. The summed E-state index contributed by atoms with van der Waals surface area (Å²) in [6.07, 6.45) is 0. The van der Waals surface area contributed by atoms with Crippen molar-refractivity contribution in [1.82, 2.24) is 10.2 Å². The first-order chi connectivity index (χ1) is 9.06. The van der Waals surface area contributed by atoms with Crippen LogP contribution in [0.5, 0.6) is 5.75 Å². The Kier molecular flexibility index (Phi) is 4.42. The van der Waals surface area contributed by atoms with Crippen molar-refractivity contribution < 1.29 is 14.3 Å². The third kappa shape index (κ3) is 3.70. The molecular formula is C13H15BrN2O3. The van der Waals surface area contributed by atoms with Gasteiger partial charge >= 0.3 is 0 Å². The van der Waals surface area contributed by atoms with Crippen molar-refractivity contribution in [2.75, 3.05) is 26.2 Å². The molecule has 1 heterocycles. The van der Waals surface area contributed by atoms with Crippen LogP contribution in [0.15, 0.2) is 22.7 Å². The highest BCUT2D eigenvalue weighted by Crippen LogP contribution is 2.25. The number of piperazine rings is 1. The maximum atomic E-state index is 11.9. The summed E-state index contributed by atoms with van der Waals surface area (Å²) in [6, 6.07) is 5.66. The smallest absolute Gasteiger partial charge is 0.261 e. The fourth-order valence-corrected chi connectivity index (χ4v) is 2.41. The number of nitrogens with zero attached hydrogens (tertiary/aromatic N) is 1. The molecule has 1 saturated heterocycles. The molecular weight excluding hydrogens is 312 g/mol. The van der Waals surface area contributed by atoms with E-state index in [0.717, 1.165) is 10.0 Å². The minimum Gasteiger partial charge on any atom is -0.483 e. The monoisotopic (exact) mass is 326 g/mol. The van der Waals surface area contributed by atoms with Crippen LogP contribution in [-0.4, -0.2) is 43.0 Å². The van der Waals surface area contributed by atoms with E-state index in [1.807, 2.05) is 25.1 Å². The number of nitrogens with one attached hydrogen (secondary N) is 1. The van der Waals surface area contributed by atoms with Crippen molar-refractivity contribution in [3.8, 4) is 5.75 Å². The Morgan fingerprint density at radius 3 is 3.00 bits per heavy atom. The Bertz CT molecular complexity index is 505. The predicted molar refractivity (Wildman–Crippen MR) is 74.0 cm³/mol. The highest BCUT2D eigenvalue weighted by atomic mass is 79.9. The first kappa shape index (κ1) is 13.9. The van der Waals surface area contributed by atoms with E-state index in [1.54, 1.807) is 0 Å². The molecule has 0 aromatic heterocycles. The average molecular weight is 327 g/mol. The maximum absolute atomic E-state index is 11.9. The van der Waals surface area contributed by atoms with Gasteiger partial charge in [0, 0.05) is 13.1 Å². The molecule has 1 aromatic carbocycles. The number of rotatable bonds is 3. The number of carbonyl (C=O) groups excluding carboxylic acids is 2. The average Bonchev–Trinajstić information content (AvgIpc) is 2.37. The Hall–Kier alpha value is -1.56. The van der Waals surface area contributed by atoms with Crippen LogP contribution >= 0.6 is 15.9 Å². The SMILES string of the molecule is Cc1ccc(OCC(=O)N2CCNC(=O)C2)c(Br)c1. The van der Waals surface area contributed by atoms with Crippen LogP contribution in [0.3, 0.4) is 0 Å². The van der Waals surface area contributed by atoms with Crippen molar-refractivity contribution in [3.63, 3.8) is 0 Å². The van der Waals surface area contributed by atoms with E-state index >= 15 is 0 Å². The molecule has 2 rings (SSSR count). The minimum atomic E-state index is -0.178. The lowest BCUT2D eigenvalue weighted by Crippen LogP contribution is -2.51. The summed E-state index contributed by atoms with van der Waals surface area (Å²) in [7, 11) is 0. The summed E-state index contributed by atoms with van der Waals surface area (Å²) in [5.41, 5.74) is 1.11. The van der Waals surface area contributed by atoms with E-state index < -0.39 is 0 Å². The van der Waals surface area contributed by atoms with Gasteiger partial charge in [-0.2, -0.15) is 0 Å². The quantitative estimate of drug-likeness (QED) is 0.904. The lowest BCUT2D eigenvalue weighted by molar-refractivity contribution is -0.139. The van der Waals surface area contributed by atoms with Crippen LogP contribution in [0.1, 0.15) is 5.56 Å². The molecule has 0 aliphatic carbocycles. The van der Waals surface area contributed by atoms with Gasteiger partial charge in [-0.3, -0.25) is 9.59 Å². The Labute approximate surface area is 120 Å². The van der Waals surface area contributed by atoms with Crippen molar-refractivity contribution in [2.45, 2.75) is 6.92 Å². The van der Waals surface area contributed by atoms with Gasteiger partial charge < -0.3 is 15.0 Å². The van der Waals surface area contributed by atoms with Crippen molar-refractivity contribution in [3.05, 3.63) is 28.2 Å². The number of hydrogen-bond donors (Lipinski definition) is 1. The molecule has 1 aliphatic heterocycles. The zero-order chi connectivity index (χ0) is 13.8. The topological polar surface area (TPSA) is 58.6 Å². The van der Waals surface area contributed by atoms with Gasteiger partial charge in [-0.25, -0.2) is 0 Å². The fraction of sp³-hybridized carbons (Fsp3) is 0.385. The zero-order valence-electron chi connectivity index (χ0n) is 10.6. The molecule has 0 spiro atoms. The molecule has 1 aromatic rings. The lowest BCUT2D eigenvalue weighted by Gasteiger charge is -2.26. The fourth-order valence-electron chi connectivity index (χ4n) is 1.81. The minimum absolute atomic E-state index is 0.0606. The molecule has 0 atom stereocenters. The van der Waals surface area contributed by atoms with Crippen LogP contribution in [0.4, 0.5) is 0 Å². The molecule has 0 unspecified atom stereocenters. The van der Waals surface area contributed by atoms with Gasteiger partial charge in [0.1, 0.15) is 5.75 Å². The Balaban J connectivity index is 1.91. The van der Waals surface area contributed by atoms with Crippen molar-refractivity contribution in [1.29, 1.82) is 0 Å². The largest absolute Gasteiger partial charge is 0.483 e. The third-order valence-corrected chi connectivity index (χ3v) is 3.45. The van der Waals surface area contributed by atoms with E-state index in [4.69, 9.17) is 4.74 Å². The van der Waals surface area contributed by atoms with Gasteiger partial charge in [0.25, 0.3) is 5.91 Å². The van der Waals surface area contributed by atoms with E-state index in [0.29, 0.717) is 18.8 Å². The number of carbonyl (C=O) groups is 2. The van der Waals surface area contributed by atoms with E-state index in [-0.39, 0.29) is 25.0 Å². The highest BCUT2D eigenvalue weighted by molar-refractivity contribution is 9.10. The molecule has 6 heteroatoms. The van der Waals surface area contributed by atoms with Crippen molar-refractivity contribution >= 4 is 27.7 Å². The second-order valence-electron chi connectivity index (χ2n) is 4.39. The second-order valence-corrected chi connectivity index (χ2v) is 5.24. The van der Waals surface area contributed by atoms with Crippen LogP contribution in [0, 0.1) is 6.92 Å². The van der Waals surface area contributed by atoms with E-state index in [1.165, 1.54) is 4.90 Å². The molecule has 0 bridgehead atoms. The Morgan fingerprint density at radius 2 is 2.32 bits per heavy atom. The van der Waals surface area contributed by atoms with Gasteiger partial charge in [0.2, 0.25) is 5.91 Å². The van der Waals surface area contributed by atoms with Gasteiger partial charge in [-0.1, -0.05) is 6.07 Å². The second kappa shape index (κ2) is 6.06. The third-order valence-electron chi connectivity index (χ3n) is 2.83. The van der Waals surface area contributed by atoms with Crippen LogP contribution in [0.2, 0.25) is 0 Å². The molecule has 0 radical (unpaired) electrons. The summed E-state index contributed by atoms with van der Waals surface area (Å²) >= 11 is 3.39. The number of halogens is 1. The number of benzene rings is 1. The molecule has 1 aliphatic rings. The number of hydrogen-bond acceptors (Lipinski definition) is 3. The van der Waals surface area contributed by atoms with Gasteiger partial charge in [0.15, 0.2) is 6.61 Å². The van der Waals surface area contributed by atoms with Gasteiger partial charge in [0.05, 0.1) is 11.0 Å². The first-order valence-corrected chi connectivity index (χ1v) is 6.79. The predicted octanol–water partition coefficient (Wildman–Crippen LogP) is 1.09. The standard InChI is InChI=1S/C13H15BrN2O3/c1-9-2-3-11(10(14)6-9)19-8-13(18)16-5-4-15-12(17)7-16/h2-3,6H,4-5,7-8H2,1H3,(H,15,17). The molecule has 19 heavy (non-hydrogen) atoms. The van der Waals surface area contributed by atoms with E-state index in [2.05, 4.69) is 21.2 Å². The lowest BCUT2D eigenvalue weighted by atomic mass is 10.2. The van der Waals surface area contributed by atoms with Crippen LogP contribution in [-0.2, 0) is 9.59 Å². The van der Waals surface area contributed by atoms with Crippen molar-refractivity contribution in [2.24, 2.45) is 0 Å². The van der Waals surface area contributed by atoms with Gasteiger partial charge in [-0.05, 0) is 40.5 Å².